The van der Waals surface area contributed by atoms with Gasteiger partial charge in [0.05, 0.1) is 0 Å². The highest BCUT2D eigenvalue weighted by Gasteiger charge is 2.24. The summed E-state index contributed by atoms with van der Waals surface area (Å²) in [6.45, 7) is 9.81. The molecule has 1 heterocycles. The van der Waals surface area contributed by atoms with E-state index in [9.17, 15) is 0 Å². The number of aryl methyl sites for hydroxylation is 1. The maximum Gasteiger partial charge on any atom is 0.224 e. The summed E-state index contributed by atoms with van der Waals surface area (Å²) in [5.41, 5.74) is 1.01. The van der Waals surface area contributed by atoms with Gasteiger partial charge in [-0.2, -0.15) is 4.98 Å². The summed E-state index contributed by atoms with van der Waals surface area (Å²) in [7, 11) is 0. The zero-order chi connectivity index (χ0) is 14.5. The van der Waals surface area contributed by atoms with Crippen molar-refractivity contribution in [2.24, 2.45) is 11.8 Å². The van der Waals surface area contributed by atoms with E-state index < -0.39 is 0 Å². The van der Waals surface area contributed by atoms with E-state index in [0.717, 1.165) is 42.3 Å². The largest absolute Gasteiger partial charge is 0.367 e. The lowest BCUT2D eigenvalue weighted by Gasteiger charge is -2.32. The normalized spacial score (nSPS) is 26.3. The van der Waals surface area contributed by atoms with Gasteiger partial charge in [-0.25, -0.2) is 4.98 Å². The van der Waals surface area contributed by atoms with E-state index in [1.54, 1.807) is 0 Å². The second kappa shape index (κ2) is 6.91. The van der Waals surface area contributed by atoms with E-state index in [2.05, 4.69) is 41.4 Å². The van der Waals surface area contributed by atoms with Crippen LogP contribution in [0.2, 0.25) is 0 Å². The molecule has 1 aliphatic carbocycles. The lowest BCUT2D eigenvalue weighted by atomic mass is 9.79. The number of hydrogen-bond donors (Lipinski definition) is 2. The third-order valence-electron chi connectivity index (χ3n) is 4.34. The first-order valence-electron chi connectivity index (χ1n) is 7.94. The van der Waals surface area contributed by atoms with Gasteiger partial charge in [0.15, 0.2) is 0 Å². The first kappa shape index (κ1) is 15.1. The van der Waals surface area contributed by atoms with Crippen molar-refractivity contribution >= 4 is 11.8 Å². The summed E-state index contributed by atoms with van der Waals surface area (Å²) in [6, 6.07) is 2.59. The zero-order valence-electron chi connectivity index (χ0n) is 13.2. The molecule has 3 atom stereocenters. The van der Waals surface area contributed by atoms with Gasteiger partial charge in [-0.15, -0.1) is 0 Å². The molecule has 0 spiro atoms. The van der Waals surface area contributed by atoms with Crippen LogP contribution in [-0.4, -0.2) is 22.6 Å². The minimum atomic E-state index is 0.550. The molecule has 2 rings (SSSR count). The monoisotopic (exact) mass is 276 g/mol. The highest BCUT2D eigenvalue weighted by atomic mass is 15.1. The van der Waals surface area contributed by atoms with E-state index in [0.29, 0.717) is 6.04 Å². The molecule has 0 saturated heterocycles. The quantitative estimate of drug-likeness (QED) is 0.858. The molecule has 1 fully saturated rings. The lowest BCUT2D eigenvalue weighted by molar-refractivity contribution is 0.260. The summed E-state index contributed by atoms with van der Waals surface area (Å²) < 4.78 is 0. The lowest BCUT2D eigenvalue weighted by Crippen LogP contribution is -2.30. The van der Waals surface area contributed by atoms with Crippen LogP contribution in [0.4, 0.5) is 11.8 Å². The van der Waals surface area contributed by atoms with Crippen LogP contribution >= 0.6 is 0 Å². The van der Waals surface area contributed by atoms with Gasteiger partial charge in [-0.1, -0.05) is 20.8 Å². The molecule has 1 aromatic heterocycles. The van der Waals surface area contributed by atoms with Crippen LogP contribution in [0.15, 0.2) is 6.07 Å². The summed E-state index contributed by atoms with van der Waals surface area (Å²) in [5, 5.41) is 6.86. The predicted octanol–water partition coefficient (Wildman–Crippen LogP) is 3.84. The van der Waals surface area contributed by atoms with E-state index in [1.165, 1.54) is 19.3 Å². The molecule has 1 saturated carbocycles. The SMILES string of the molecule is CCCNc1nc(C)cc(NC2CCC(C)C(C)C2)n1. The molecular weight excluding hydrogens is 248 g/mol. The van der Waals surface area contributed by atoms with Crippen molar-refractivity contribution in [2.75, 3.05) is 17.2 Å². The average molecular weight is 276 g/mol. The van der Waals surface area contributed by atoms with E-state index in [4.69, 9.17) is 0 Å². The van der Waals surface area contributed by atoms with Gasteiger partial charge < -0.3 is 10.6 Å². The van der Waals surface area contributed by atoms with Crippen LogP contribution in [-0.2, 0) is 0 Å². The molecule has 0 bridgehead atoms. The Labute approximate surface area is 122 Å². The van der Waals surface area contributed by atoms with Crippen molar-refractivity contribution in [2.45, 2.75) is 59.4 Å². The van der Waals surface area contributed by atoms with Gasteiger partial charge in [-0.3, -0.25) is 0 Å². The number of rotatable bonds is 5. The number of aromatic nitrogens is 2. The van der Waals surface area contributed by atoms with Gasteiger partial charge in [0.1, 0.15) is 5.82 Å². The molecule has 2 N–H and O–H groups in total. The molecule has 0 amide bonds. The fourth-order valence-corrected chi connectivity index (χ4v) is 2.85. The first-order chi connectivity index (χ1) is 9.58. The molecule has 112 valence electrons. The van der Waals surface area contributed by atoms with Crippen molar-refractivity contribution in [1.29, 1.82) is 0 Å². The molecule has 4 heteroatoms. The van der Waals surface area contributed by atoms with Gasteiger partial charge >= 0.3 is 0 Å². The minimum Gasteiger partial charge on any atom is -0.367 e. The summed E-state index contributed by atoms with van der Waals surface area (Å²) >= 11 is 0. The maximum absolute atomic E-state index is 4.58. The van der Waals surface area contributed by atoms with E-state index in [1.807, 2.05) is 13.0 Å². The van der Waals surface area contributed by atoms with Gasteiger partial charge in [0.2, 0.25) is 5.95 Å². The summed E-state index contributed by atoms with van der Waals surface area (Å²) in [5.74, 6) is 3.35. The Morgan fingerprint density at radius 3 is 2.70 bits per heavy atom. The molecule has 20 heavy (non-hydrogen) atoms. The topological polar surface area (TPSA) is 49.8 Å². The van der Waals surface area contributed by atoms with Crippen LogP contribution in [0.3, 0.4) is 0 Å². The van der Waals surface area contributed by atoms with Crippen molar-refractivity contribution in [3.05, 3.63) is 11.8 Å². The van der Waals surface area contributed by atoms with Crippen LogP contribution in [0.5, 0.6) is 0 Å². The first-order valence-corrected chi connectivity index (χ1v) is 7.94. The van der Waals surface area contributed by atoms with Crippen molar-refractivity contribution < 1.29 is 0 Å². The van der Waals surface area contributed by atoms with Crippen molar-refractivity contribution in [3.8, 4) is 0 Å². The molecule has 0 radical (unpaired) electrons. The number of nitrogens with zero attached hydrogens (tertiary/aromatic N) is 2. The number of hydrogen-bond acceptors (Lipinski definition) is 4. The molecule has 3 unspecified atom stereocenters. The highest BCUT2D eigenvalue weighted by Crippen LogP contribution is 2.30. The molecule has 4 nitrogen and oxygen atoms in total. The Morgan fingerprint density at radius 2 is 2.00 bits per heavy atom. The van der Waals surface area contributed by atoms with Crippen LogP contribution in [0.1, 0.15) is 52.1 Å². The van der Waals surface area contributed by atoms with Crippen LogP contribution in [0.25, 0.3) is 0 Å². The van der Waals surface area contributed by atoms with E-state index in [-0.39, 0.29) is 0 Å². The predicted molar refractivity (Wildman–Crippen MR) is 85.1 cm³/mol. The fourth-order valence-electron chi connectivity index (χ4n) is 2.85. The van der Waals surface area contributed by atoms with E-state index >= 15 is 0 Å². The number of nitrogens with one attached hydrogen (secondary N) is 2. The minimum absolute atomic E-state index is 0.550. The van der Waals surface area contributed by atoms with Crippen LogP contribution in [0, 0.1) is 18.8 Å². The maximum atomic E-state index is 4.58. The molecule has 0 aromatic carbocycles. The van der Waals surface area contributed by atoms with Gasteiger partial charge in [0.25, 0.3) is 0 Å². The van der Waals surface area contributed by atoms with Crippen molar-refractivity contribution in [3.63, 3.8) is 0 Å². The fraction of sp³-hybridized carbons (Fsp3) is 0.750. The second-order valence-corrected chi connectivity index (χ2v) is 6.25. The third kappa shape index (κ3) is 4.09. The van der Waals surface area contributed by atoms with Gasteiger partial charge in [-0.05, 0) is 44.4 Å². The molecular formula is C16H28N4. The molecule has 1 aliphatic rings. The van der Waals surface area contributed by atoms with Gasteiger partial charge in [0, 0.05) is 24.3 Å². The Morgan fingerprint density at radius 1 is 1.20 bits per heavy atom. The van der Waals surface area contributed by atoms with Crippen LogP contribution < -0.4 is 10.6 Å². The highest BCUT2D eigenvalue weighted by molar-refractivity contribution is 5.43. The average Bonchev–Trinajstić information content (AvgIpc) is 2.40. The second-order valence-electron chi connectivity index (χ2n) is 6.25. The standard InChI is InChI=1S/C16H28N4/c1-5-8-17-16-18-13(4)10-15(20-16)19-14-7-6-11(2)12(3)9-14/h10-12,14H,5-9H2,1-4H3,(H2,17,18,19,20). The molecule has 0 aliphatic heterocycles. The number of anilines is 2. The Balaban J connectivity index is 1.99. The Kier molecular flexibility index (Phi) is 5.21. The molecule has 1 aromatic rings. The van der Waals surface area contributed by atoms with Crippen molar-refractivity contribution in [1.82, 2.24) is 9.97 Å². The Hall–Kier alpha value is -1.32. The smallest absolute Gasteiger partial charge is 0.224 e. The zero-order valence-corrected chi connectivity index (χ0v) is 13.2. The summed E-state index contributed by atoms with van der Waals surface area (Å²) in [6.07, 6.45) is 4.87. The summed E-state index contributed by atoms with van der Waals surface area (Å²) in [4.78, 5) is 9.01. The Bertz CT molecular complexity index is 432. The third-order valence-corrected chi connectivity index (χ3v) is 4.34.